The van der Waals surface area contributed by atoms with Gasteiger partial charge in [-0.1, -0.05) is 0 Å². The minimum Gasteiger partial charge on any atom is -0.464 e. The van der Waals surface area contributed by atoms with E-state index in [0.717, 1.165) is 0 Å². The molecule has 0 saturated carbocycles. The zero-order valence-electron chi connectivity index (χ0n) is 17.3. The predicted molar refractivity (Wildman–Crippen MR) is 103 cm³/mol. The van der Waals surface area contributed by atoms with Crippen LogP contribution in [0.25, 0.3) is 0 Å². The number of carbonyl (C=O) groups excluding carboxylic acids is 3. The van der Waals surface area contributed by atoms with Crippen LogP contribution >= 0.6 is 7.60 Å². The fourth-order valence-corrected chi connectivity index (χ4v) is 4.53. The van der Waals surface area contributed by atoms with E-state index in [4.69, 9.17) is 18.2 Å². The summed E-state index contributed by atoms with van der Waals surface area (Å²) in [4.78, 5) is 36.3. The number of aryl methyl sites for hydroxylation is 1. The van der Waals surface area contributed by atoms with Gasteiger partial charge in [0.1, 0.15) is 34.8 Å². The molecule has 0 spiro atoms. The molecule has 0 fully saturated rings. The largest absolute Gasteiger partial charge is 0.464 e. The van der Waals surface area contributed by atoms with Crippen LogP contribution < -0.4 is 0 Å². The average Bonchev–Trinajstić information content (AvgIpc) is 2.87. The molecule has 0 N–H and O–H groups in total. The Labute approximate surface area is 165 Å². The lowest BCUT2D eigenvalue weighted by atomic mass is 9.90. The number of ketones is 2. The van der Waals surface area contributed by atoms with E-state index in [0.29, 0.717) is 11.3 Å². The molecule has 1 aromatic heterocycles. The van der Waals surface area contributed by atoms with Crippen LogP contribution in [0.4, 0.5) is 0 Å². The van der Waals surface area contributed by atoms with Gasteiger partial charge in [-0.25, -0.2) is 4.79 Å². The number of hydrogen-bond acceptors (Lipinski definition) is 8. The number of Topliss-reactive ketones (excluding diaryl/α,β-unsaturated/α-hetero) is 2. The molecule has 28 heavy (non-hydrogen) atoms. The summed E-state index contributed by atoms with van der Waals surface area (Å²) in [6.07, 6.45) is -0.254. The Morgan fingerprint density at radius 1 is 1.00 bits per heavy atom. The van der Waals surface area contributed by atoms with Crippen molar-refractivity contribution < 1.29 is 37.2 Å². The summed E-state index contributed by atoms with van der Waals surface area (Å²) in [6.45, 7) is 9.73. The van der Waals surface area contributed by atoms with Gasteiger partial charge in [-0.3, -0.25) is 14.2 Å². The maximum Gasteiger partial charge on any atom is 0.342 e. The van der Waals surface area contributed by atoms with Crippen molar-refractivity contribution in [3.8, 4) is 0 Å². The normalized spacial score (nSPS) is 11.7. The number of ether oxygens (including phenoxy) is 1. The van der Waals surface area contributed by atoms with E-state index in [1.807, 2.05) is 0 Å². The van der Waals surface area contributed by atoms with Gasteiger partial charge in [-0.15, -0.1) is 0 Å². The third kappa shape index (κ3) is 6.12. The van der Waals surface area contributed by atoms with Crippen LogP contribution in [0.5, 0.6) is 0 Å². The van der Waals surface area contributed by atoms with Crippen molar-refractivity contribution >= 4 is 25.1 Å². The number of hydrogen-bond donors (Lipinski definition) is 0. The van der Waals surface area contributed by atoms with Gasteiger partial charge in [0, 0.05) is 5.56 Å². The Morgan fingerprint density at radius 3 is 1.96 bits per heavy atom. The van der Waals surface area contributed by atoms with Crippen molar-refractivity contribution in [2.75, 3.05) is 19.8 Å². The zero-order valence-corrected chi connectivity index (χ0v) is 18.2. The molecule has 0 atom stereocenters. The lowest BCUT2D eigenvalue weighted by Crippen LogP contribution is -2.23. The van der Waals surface area contributed by atoms with Crippen molar-refractivity contribution in [3.63, 3.8) is 0 Å². The van der Waals surface area contributed by atoms with Gasteiger partial charge in [0.2, 0.25) is 0 Å². The molecule has 0 radical (unpaired) electrons. The van der Waals surface area contributed by atoms with Gasteiger partial charge >= 0.3 is 13.6 Å². The van der Waals surface area contributed by atoms with Crippen molar-refractivity contribution in [2.24, 2.45) is 5.92 Å². The Bertz CT molecular complexity index is 740. The van der Waals surface area contributed by atoms with Crippen LogP contribution in [0.2, 0.25) is 0 Å². The first-order chi connectivity index (χ1) is 13.1. The Morgan fingerprint density at radius 2 is 1.54 bits per heavy atom. The molecule has 0 unspecified atom stereocenters. The molecule has 1 aromatic rings. The Balaban J connectivity index is 3.46. The van der Waals surface area contributed by atoms with Crippen molar-refractivity contribution in [1.82, 2.24) is 0 Å². The van der Waals surface area contributed by atoms with Crippen LogP contribution in [0, 0.1) is 12.8 Å². The van der Waals surface area contributed by atoms with E-state index in [1.54, 1.807) is 27.7 Å². The van der Waals surface area contributed by atoms with E-state index < -0.39 is 19.5 Å². The highest BCUT2D eigenvalue weighted by Gasteiger charge is 2.34. The van der Waals surface area contributed by atoms with E-state index in [1.165, 1.54) is 13.8 Å². The van der Waals surface area contributed by atoms with E-state index in [2.05, 4.69) is 0 Å². The second-order valence-electron chi connectivity index (χ2n) is 6.24. The number of esters is 1. The highest BCUT2D eigenvalue weighted by molar-refractivity contribution is 7.53. The summed E-state index contributed by atoms with van der Waals surface area (Å²) >= 11 is 0. The molecule has 0 bridgehead atoms. The number of rotatable bonds is 12. The van der Waals surface area contributed by atoms with Crippen LogP contribution in [0.1, 0.15) is 62.1 Å². The first-order valence-electron chi connectivity index (χ1n) is 9.27. The first-order valence-corrected chi connectivity index (χ1v) is 11.0. The molecule has 158 valence electrons. The standard InChI is InChI=1S/C19H29O8P/c1-7-24-19(22)18-16(10-15(12(4)20)13(5)21)14(6)27-17(18)11-28(23,25-8-2)26-9-3/h15H,7-11H2,1-6H3. The Hall–Kier alpha value is -1.76. The summed E-state index contributed by atoms with van der Waals surface area (Å²) < 4.78 is 34.3. The highest BCUT2D eigenvalue weighted by Crippen LogP contribution is 2.52. The van der Waals surface area contributed by atoms with E-state index >= 15 is 0 Å². The summed E-state index contributed by atoms with van der Waals surface area (Å²) in [6, 6.07) is 0. The summed E-state index contributed by atoms with van der Waals surface area (Å²) in [5.74, 6) is -1.73. The average molecular weight is 416 g/mol. The monoisotopic (exact) mass is 416 g/mol. The molecule has 8 nitrogen and oxygen atoms in total. The fraction of sp³-hybridized carbons (Fsp3) is 0.632. The quantitative estimate of drug-likeness (QED) is 0.287. The summed E-state index contributed by atoms with van der Waals surface area (Å²) in [7, 11) is -3.54. The van der Waals surface area contributed by atoms with Gasteiger partial charge in [-0.05, 0) is 48.0 Å². The molecule has 0 aromatic carbocycles. The molecular weight excluding hydrogens is 387 g/mol. The number of furan rings is 1. The molecule has 0 aliphatic rings. The van der Waals surface area contributed by atoms with Crippen molar-refractivity contribution in [2.45, 2.75) is 54.1 Å². The molecule has 0 saturated heterocycles. The van der Waals surface area contributed by atoms with Gasteiger partial charge in [-0.2, -0.15) is 0 Å². The van der Waals surface area contributed by atoms with Crippen molar-refractivity contribution in [1.29, 1.82) is 0 Å². The smallest absolute Gasteiger partial charge is 0.342 e. The van der Waals surface area contributed by atoms with Crippen LogP contribution in [-0.4, -0.2) is 37.4 Å². The summed E-state index contributed by atoms with van der Waals surface area (Å²) in [5.41, 5.74) is 0.467. The minimum absolute atomic E-state index is 0.00171. The lowest BCUT2D eigenvalue weighted by Gasteiger charge is -2.16. The maximum absolute atomic E-state index is 12.9. The van der Waals surface area contributed by atoms with E-state index in [9.17, 15) is 18.9 Å². The van der Waals surface area contributed by atoms with Gasteiger partial charge in [0.05, 0.1) is 25.7 Å². The van der Waals surface area contributed by atoms with Crippen LogP contribution in [-0.2, 0) is 40.5 Å². The zero-order chi connectivity index (χ0) is 21.5. The van der Waals surface area contributed by atoms with E-state index in [-0.39, 0.29) is 55.3 Å². The third-order valence-corrected chi connectivity index (χ3v) is 6.12. The SMILES string of the molecule is CCOC(=O)c1c(CP(=O)(OCC)OCC)oc(C)c1CC(C(C)=O)C(C)=O. The molecule has 1 heterocycles. The third-order valence-electron chi connectivity index (χ3n) is 4.14. The first kappa shape index (κ1) is 24.3. The predicted octanol–water partition coefficient (Wildman–Crippen LogP) is 3.87. The van der Waals surface area contributed by atoms with Crippen LogP contribution in [0.15, 0.2) is 4.42 Å². The lowest BCUT2D eigenvalue weighted by molar-refractivity contribution is -0.130. The molecule has 9 heteroatoms. The van der Waals surface area contributed by atoms with Crippen molar-refractivity contribution in [3.05, 3.63) is 22.6 Å². The fourth-order valence-electron chi connectivity index (χ4n) is 2.91. The minimum atomic E-state index is -3.54. The van der Waals surface area contributed by atoms with Gasteiger partial charge in [0.15, 0.2) is 0 Å². The molecule has 0 amide bonds. The molecule has 0 aliphatic carbocycles. The second-order valence-corrected chi connectivity index (χ2v) is 8.29. The topological polar surface area (TPSA) is 109 Å². The molecule has 1 rings (SSSR count). The van der Waals surface area contributed by atoms with Gasteiger partial charge < -0.3 is 18.2 Å². The second kappa shape index (κ2) is 10.7. The molecular formula is C19H29O8P. The number of carbonyl (C=O) groups is 3. The molecule has 0 aliphatic heterocycles. The van der Waals surface area contributed by atoms with Gasteiger partial charge in [0.25, 0.3) is 0 Å². The summed E-state index contributed by atoms with van der Waals surface area (Å²) in [5, 5.41) is 0. The Kier molecular flexibility index (Phi) is 9.27. The maximum atomic E-state index is 12.9. The highest BCUT2D eigenvalue weighted by atomic mass is 31.2. The van der Waals surface area contributed by atoms with Crippen LogP contribution in [0.3, 0.4) is 0 Å².